The predicted octanol–water partition coefficient (Wildman–Crippen LogP) is 0.734. The van der Waals surface area contributed by atoms with E-state index in [0.29, 0.717) is 5.70 Å². The summed E-state index contributed by atoms with van der Waals surface area (Å²) in [5, 5.41) is 0. The van der Waals surface area contributed by atoms with Crippen molar-refractivity contribution in [1.29, 1.82) is 0 Å². The van der Waals surface area contributed by atoms with Crippen LogP contribution in [0.15, 0.2) is 17.8 Å². The molecule has 0 bridgehead atoms. The van der Waals surface area contributed by atoms with Crippen molar-refractivity contribution in [3.8, 4) is 0 Å². The second-order valence-electron chi connectivity index (χ2n) is 1.07. The topological polar surface area (TPSA) is 26.0 Å². The molecule has 0 saturated carbocycles. The first kappa shape index (κ1) is 8.02. The molecule has 1 nitrogen and oxygen atoms in total. The van der Waals surface area contributed by atoms with E-state index in [4.69, 9.17) is 17.3 Å². The molecule has 2 N–H and O–H groups in total. The normalized spacial score (nSPS) is 12.2. The van der Waals surface area contributed by atoms with Crippen LogP contribution < -0.4 is 5.73 Å². The van der Waals surface area contributed by atoms with Gasteiger partial charge in [0.15, 0.2) is 0 Å². The fourth-order valence-electron chi connectivity index (χ4n) is 0.197. The van der Waals surface area contributed by atoms with E-state index in [1.54, 1.807) is 10.8 Å². The van der Waals surface area contributed by atoms with Crippen LogP contribution in [-0.4, -0.2) is 4.73 Å². The van der Waals surface area contributed by atoms with Crippen LogP contribution in [-0.2, 0) is 17.0 Å². The molecule has 0 heterocycles. The van der Waals surface area contributed by atoms with Crippen molar-refractivity contribution < 1.29 is 17.0 Å². The van der Waals surface area contributed by atoms with E-state index in [0.717, 1.165) is 0 Å². The van der Waals surface area contributed by atoms with Crippen LogP contribution in [0.3, 0.4) is 0 Å². The zero-order chi connectivity index (χ0) is 6.41. The zero-order valence-corrected chi connectivity index (χ0v) is 6.29. The van der Waals surface area contributed by atoms with E-state index >= 15 is 0 Å². The molecule has 0 aliphatic heterocycles. The third kappa shape index (κ3) is 4.19. The summed E-state index contributed by atoms with van der Waals surface area (Å²) in [6.45, 7) is 0. The van der Waals surface area contributed by atoms with E-state index in [2.05, 4.69) is 22.5 Å². The summed E-state index contributed by atoms with van der Waals surface area (Å²) in [7, 11) is 0. The molecule has 0 aliphatic carbocycles. The minimum atomic E-state index is 0.598. The number of halogens is 1. The van der Waals surface area contributed by atoms with Crippen molar-refractivity contribution >= 4 is 16.3 Å². The molecule has 0 radical (unpaired) electrons. The van der Waals surface area contributed by atoms with Crippen molar-refractivity contribution in [1.82, 2.24) is 0 Å². The SMILES string of the molecule is N/C(C=[C-]Cl)=C/[CH]=[V]. The molecule has 0 saturated heterocycles. The molecule has 0 spiro atoms. The molecule has 0 aliphatic rings. The summed E-state index contributed by atoms with van der Waals surface area (Å²) in [5.41, 5.74) is 8.19. The average molecular weight is 165 g/mol. The monoisotopic (exact) mass is 165 g/mol. The van der Waals surface area contributed by atoms with Crippen molar-refractivity contribution in [3.05, 3.63) is 23.4 Å². The van der Waals surface area contributed by atoms with Gasteiger partial charge in [0.1, 0.15) is 0 Å². The Labute approximate surface area is 62.7 Å². The first-order valence-electron chi connectivity index (χ1n) is 1.94. The maximum absolute atomic E-state index is 5.31. The van der Waals surface area contributed by atoms with Crippen molar-refractivity contribution in [2.24, 2.45) is 5.73 Å². The molecule has 43 valence electrons. The molecule has 0 aromatic heterocycles. The van der Waals surface area contributed by atoms with Gasteiger partial charge in [-0.2, -0.15) is 0 Å². The molecule has 0 rings (SSSR count). The number of hydrogen-bond acceptors (Lipinski definition) is 1. The van der Waals surface area contributed by atoms with Crippen molar-refractivity contribution in [2.75, 3.05) is 0 Å². The fourth-order valence-corrected chi connectivity index (χ4v) is 0.592. The Morgan fingerprint density at radius 1 is 1.75 bits per heavy atom. The Bertz CT molecular complexity index is 128. The molecular weight excluding hydrogens is 160 g/mol. The Morgan fingerprint density at radius 3 is 2.75 bits per heavy atom. The van der Waals surface area contributed by atoms with E-state index in [1.807, 2.05) is 0 Å². The Kier molecular flexibility index (Phi) is 5.18. The Balaban J connectivity index is 3.79. The van der Waals surface area contributed by atoms with Gasteiger partial charge in [0.25, 0.3) is 0 Å². The van der Waals surface area contributed by atoms with Crippen LogP contribution in [0.2, 0.25) is 0 Å². The molecule has 3 heteroatoms. The van der Waals surface area contributed by atoms with Crippen LogP contribution in [0.1, 0.15) is 0 Å². The Morgan fingerprint density at radius 2 is 2.38 bits per heavy atom. The molecular formula is C5H5ClNV-. The standard InChI is InChI=1S/C5H5ClN.V/c1-2-5(7)3-4-6;/h1-3H,7H2;/q-1;/b5-2+;. The summed E-state index contributed by atoms with van der Waals surface area (Å²) in [4.78, 5) is 0. The van der Waals surface area contributed by atoms with Crippen LogP contribution >= 0.6 is 11.6 Å². The molecule has 0 atom stereocenters. The summed E-state index contributed by atoms with van der Waals surface area (Å²) in [6, 6.07) is 0. The van der Waals surface area contributed by atoms with E-state index < -0.39 is 0 Å². The molecule has 0 fully saturated rings. The number of rotatable bonds is 2. The fraction of sp³-hybridized carbons (Fsp3) is 0. The average Bonchev–Trinajstić information content (AvgIpc) is 1.68. The molecule has 0 amide bonds. The van der Waals surface area contributed by atoms with Gasteiger partial charge < -0.3 is 0 Å². The van der Waals surface area contributed by atoms with Crippen LogP contribution in [0, 0.1) is 5.54 Å². The number of nitrogens with two attached hydrogens (primary N) is 1. The molecule has 0 aromatic carbocycles. The molecule has 0 unspecified atom stereocenters. The summed E-state index contributed by atoms with van der Waals surface area (Å²) < 4.78 is 1.77. The van der Waals surface area contributed by atoms with E-state index in [-0.39, 0.29) is 0 Å². The van der Waals surface area contributed by atoms with Crippen LogP contribution in [0.4, 0.5) is 0 Å². The second kappa shape index (κ2) is 5.17. The van der Waals surface area contributed by atoms with Gasteiger partial charge in [-0.05, 0) is 0 Å². The maximum atomic E-state index is 5.31. The van der Waals surface area contributed by atoms with Gasteiger partial charge in [-0.15, -0.1) is 0 Å². The van der Waals surface area contributed by atoms with E-state index in [1.165, 1.54) is 6.08 Å². The van der Waals surface area contributed by atoms with Gasteiger partial charge in [-0.25, -0.2) is 0 Å². The van der Waals surface area contributed by atoms with Gasteiger partial charge in [0.05, 0.1) is 0 Å². The first-order chi connectivity index (χ1) is 3.81. The number of hydrogen-bond donors (Lipinski definition) is 1. The summed E-state index contributed by atoms with van der Waals surface area (Å²) >= 11 is 7.36. The van der Waals surface area contributed by atoms with Crippen LogP contribution in [0.5, 0.6) is 0 Å². The Hall–Kier alpha value is 0.0244. The summed E-state index contributed by atoms with van der Waals surface area (Å²) in [6.07, 6.45) is 3.21. The second-order valence-corrected chi connectivity index (χ2v) is 1.75. The molecule has 8 heavy (non-hydrogen) atoms. The quantitative estimate of drug-likeness (QED) is 0.474. The van der Waals surface area contributed by atoms with E-state index in [9.17, 15) is 0 Å². The third-order valence-electron chi connectivity index (χ3n) is 0.488. The minimum absolute atomic E-state index is 0.598. The van der Waals surface area contributed by atoms with Gasteiger partial charge in [-0.3, -0.25) is 0 Å². The first-order valence-corrected chi connectivity index (χ1v) is 3.12. The molecule has 0 aromatic rings. The third-order valence-corrected chi connectivity index (χ3v) is 0.830. The van der Waals surface area contributed by atoms with Gasteiger partial charge in [0, 0.05) is 0 Å². The van der Waals surface area contributed by atoms with Crippen LogP contribution in [0.25, 0.3) is 0 Å². The predicted molar refractivity (Wildman–Crippen MR) is 32.0 cm³/mol. The zero-order valence-electron chi connectivity index (χ0n) is 4.13. The van der Waals surface area contributed by atoms with Crippen molar-refractivity contribution in [3.63, 3.8) is 0 Å². The van der Waals surface area contributed by atoms with Gasteiger partial charge in [-0.1, -0.05) is 0 Å². The number of allylic oxidation sites excluding steroid dienone is 2. The van der Waals surface area contributed by atoms with Gasteiger partial charge in [0.2, 0.25) is 0 Å². The van der Waals surface area contributed by atoms with Crippen molar-refractivity contribution in [2.45, 2.75) is 0 Å². The van der Waals surface area contributed by atoms with Gasteiger partial charge >= 0.3 is 62.4 Å². The summed E-state index contributed by atoms with van der Waals surface area (Å²) in [5.74, 6) is 0.